The summed E-state index contributed by atoms with van der Waals surface area (Å²) in [4.78, 5) is 12.9. The van der Waals surface area contributed by atoms with Crippen molar-refractivity contribution >= 4 is 21.6 Å². The highest BCUT2D eigenvalue weighted by molar-refractivity contribution is 7.89. The maximum Gasteiger partial charge on any atom is 0.243 e. The van der Waals surface area contributed by atoms with E-state index in [1.54, 1.807) is 48.5 Å². The Morgan fingerprint density at radius 2 is 1.57 bits per heavy atom. The third-order valence-electron chi connectivity index (χ3n) is 4.56. The van der Waals surface area contributed by atoms with Gasteiger partial charge in [0.25, 0.3) is 0 Å². The second kappa shape index (κ2) is 9.56. The van der Waals surface area contributed by atoms with Crippen LogP contribution in [0.4, 0.5) is 5.69 Å². The summed E-state index contributed by atoms with van der Waals surface area (Å²) in [6.07, 6.45) is 0. The van der Waals surface area contributed by atoms with Gasteiger partial charge in [-0.05, 0) is 36.8 Å². The van der Waals surface area contributed by atoms with E-state index in [1.165, 1.54) is 11.4 Å². The zero-order valence-electron chi connectivity index (χ0n) is 16.9. The Morgan fingerprint density at radius 1 is 0.933 bits per heavy atom. The van der Waals surface area contributed by atoms with Crippen molar-refractivity contribution in [2.75, 3.05) is 19.0 Å². The number of nitrogens with zero attached hydrogens (tertiary/aromatic N) is 1. The van der Waals surface area contributed by atoms with Gasteiger partial charge in [-0.2, -0.15) is 4.31 Å². The van der Waals surface area contributed by atoms with Gasteiger partial charge in [-0.25, -0.2) is 8.42 Å². The molecule has 0 aromatic heterocycles. The number of hydrogen-bond donors (Lipinski definition) is 1. The average molecular weight is 425 g/mol. The molecule has 0 radical (unpaired) electrons. The molecule has 3 aromatic carbocycles. The molecule has 0 bridgehead atoms. The van der Waals surface area contributed by atoms with E-state index >= 15 is 0 Å². The van der Waals surface area contributed by atoms with E-state index < -0.39 is 15.9 Å². The van der Waals surface area contributed by atoms with E-state index in [0.717, 1.165) is 11.1 Å². The molecule has 1 N–H and O–H groups in total. The highest BCUT2D eigenvalue weighted by Gasteiger charge is 2.27. The molecule has 3 aromatic rings. The molecule has 3 rings (SSSR count). The van der Waals surface area contributed by atoms with E-state index in [9.17, 15) is 13.2 Å². The van der Waals surface area contributed by atoms with E-state index in [1.807, 2.05) is 37.3 Å². The summed E-state index contributed by atoms with van der Waals surface area (Å²) in [7, 11) is -2.37. The van der Waals surface area contributed by atoms with Crippen LogP contribution in [-0.4, -0.2) is 32.3 Å². The Bertz CT molecular complexity index is 1100. The van der Waals surface area contributed by atoms with Gasteiger partial charge in [0.2, 0.25) is 15.9 Å². The lowest BCUT2D eigenvalue weighted by molar-refractivity contribution is -0.116. The smallest absolute Gasteiger partial charge is 0.243 e. The first-order valence-corrected chi connectivity index (χ1v) is 10.9. The summed E-state index contributed by atoms with van der Waals surface area (Å²) in [5.74, 6) is 0.0490. The number of aryl methyl sites for hydroxylation is 1. The molecule has 0 heterocycles. The fraction of sp³-hybridized carbons (Fsp3) is 0.174. The maximum absolute atomic E-state index is 13.3. The molecule has 6 nitrogen and oxygen atoms in total. The van der Waals surface area contributed by atoms with Crippen LogP contribution >= 0.6 is 0 Å². The second-order valence-corrected chi connectivity index (χ2v) is 8.76. The van der Waals surface area contributed by atoms with Crippen molar-refractivity contribution in [3.8, 4) is 5.75 Å². The molecular weight excluding hydrogens is 400 g/mol. The molecule has 30 heavy (non-hydrogen) atoms. The van der Waals surface area contributed by atoms with Crippen LogP contribution in [-0.2, 0) is 21.4 Å². The largest absolute Gasteiger partial charge is 0.495 e. The maximum atomic E-state index is 13.3. The summed E-state index contributed by atoms with van der Waals surface area (Å²) < 4.78 is 33.0. The zero-order valence-corrected chi connectivity index (χ0v) is 17.7. The molecule has 1 amide bonds. The number of nitrogens with one attached hydrogen (secondary N) is 1. The number of methoxy groups -OCH3 is 1. The number of ether oxygens (including phenoxy) is 1. The van der Waals surface area contributed by atoms with Gasteiger partial charge in [0.1, 0.15) is 5.75 Å². The molecule has 0 aliphatic rings. The second-order valence-electron chi connectivity index (χ2n) is 6.82. The van der Waals surface area contributed by atoms with Gasteiger partial charge in [0.05, 0.1) is 24.2 Å². The van der Waals surface area contributed by atoms with Crippen molar-refractivity contribution < 1.29 is 17.9 Å². The van der Waals surface area contributed by atoms with Crippen molar-refractivity contribution in [3.05, 3.63) is 90.0 Å². The van der Waals surface area contributed by atoms with Crippen molar-refractivity contribution in [2.45, 2.75) is 18.4 Å². The minimum absolute atomic E-state index is 0.0798. The van der Waals surface area contributed by atoms with Crippen LogP contribution in [0.25, 0.3) is 0 Å². The Hall–Kier alpha value is -3.16. The van der Waals surface area contributed by atoms with Crippen molar-refractivity contribution in [2.24, 2.45) is 0 Å². The number of para-hydroxylation sites is 2. The molecule has 0 fully saturated rings. The van der Waals surface area contributed by atoms with Crippen LogP contribution in [0, 0.1) is 6.92 Å². The number of benzene rings is 3. The number of rotatable bonds is 8. The molecule has 0 unspecified atom stereocenters. The number of sulfonamides is 1. The predicted octanol–water partition coefficient (Wildman–Crippen LogP) is 3.83. The van der Waals surface area contributed by atoms with Gasteiger partial charge in [0.15, 0.2) is 0 Å². The lowest BCUT2D eigenvalue weighted by Gasteiger charge is -2.22. The minimum Gasteiger partial charge on any atom is -0.495 e. The molecule has 0 saturated carbocycles. The summed E-state index contributed by atoms with van der Waals surface area (Å²) in [6.45, 7) is 1.64. The molecule has 0 spiro atoms. The van der Waals surface area contributed by atoms with Crippen LogP contribution in [0.1, 0.15) is 11.1 Å². The molecule has 0 saturated heterocycles. The molecule has 0 aliphatic carbocycles. The van der Waals surface area contributed by atoms with Crippen molar-refractivity contribution in [3.63, 3.8) is 0 Å². The number of amides is 1. The van der Waals surface area contributed by atoms with Gasteiger partial charge in [0, 0.05) is 6.54 Å². The topological polar surface area (TPSA) is 75.7 Å². The van der Waals surface area contributed by atoms with E-state index in [2.05, 4.69) is 5.32 Å². The Kier molecular flexibility index (Phi) is 6.87. The normalized spacial score (nSPS) is 11.3. The summed E-state index contributed by atoms with van der Waals surface area (Å²) in [6, 6.07) is 22.8. The van der Waals surface area contributed by atoms with Crippen LogP contribution in [0.5, 0.6) is 5.75 Å². The number of carbonyl (C=O) groups is 1. The fourth-order valence-electron chi connectivity index (χ4n) is 2.97. The van der Waals surface area contributed by atoms with Gasteiger partial charge in [-0.3, -0.25) is 4.79 Å². The lowest BCUT2D eigenvalue weighted by Crippen LogP contribution is -2.37. The van der Waals surface area contributed by atoms with Crippen LogP contribution < -0.4 is 10.1 Å². The first kappa shape index (κ1) is 21.5. The highest BCUT2D eigenvalue weighted by atomic mass is 32.2. The molecular formula is C23H24N2O4S. The number of anilines is 1. The predicted molar refractivity (Wildman–Crippen MR) is 117 cm³/mol. The fourth-order valence-corrected chi connectivity index (χ4v) is 4.35. The SMILES string of the molecule is COc1ccccc1NC(=O)CN(Cc1ccccc1)S(=O)(=O)c1ccc(C)cc1. The first-order chi connectivity index (χ1) is 14.4. The van der Waals surface area contributed by atoms with Gasteiger partial charge in [-0.1, -0.05) is 60.2 Å². The Morgan fingerprint density at radius 3 is 2.23 bits per heavy atom. The van der Waals surface area contributed by atoms with Crippen LogP contribution in [0.3, 0.4) is 0 Å². The minimum atomic E-state index is -3.88. The Labute approximate surface area is 177 Å². The van der Waals surface area contributed by atoms with E-state index in [4.69, 9.17) is 4.74 Å². The summed E-state index contributed by atoms with van der Waals surface area (Å²) in [5.41, 5.74) is 2.23. The van der Waals surface area contributed by atoms with Gasteiger partial charge >= 0.3 is 0 Å². The molecule has 0 atom stereocenters. The van der Waals surface area contributed by atoms with E-state index in [0.29, 0.717) is 11.4 Å². The number of hydrogen-bond acceptors (Lipinski definition) is 4. The summed E-state index contributed by atoms with van der Waals surface area (Å²) >= 11 is 0. The van der Waals surface area contributed by atoms with Gasteiger partial charge in [-0.15, -0.1) is 0 Å². The molecule has 0 aliphatic heterocycles. The first-order valence-electron chi connectivity index (χ1n) is 9.44. The molecule has 156 valence electrons. The lowest BCUT2D eigenvalue weighted by atomic mass is 10.2. The highest BCUT2D eigenvalue weighted by Crippen LogP contribution is 2.24. The third-order valence-corrected chi connectivity index (χ3v) is 6.37. The zero-order chi connectivity index (χ0) is 21.6. The standard InChI is InChI=1S/C23H24N2O4S/c1-18-12-14-20(15-13-18)30(27,28)25(16-19-8-4-3-5-9-19)17-23(26)24-21-10-6-7-11-22(21)29-2/h3-15H,16-17H2,1-2H3,(H,24,26). The molecule has 7 heteroatoms. The van der Waals surface area contributed by atoms with Crippen molar-refractivity contribution in [1.29, 1.82) is 0 Å². The third kappa shape index (κ3) is 5.25. The average Bonchev–Trinajstić information content (AvgIpc) is 2.74. The van der Waals surface area contributed by atoms with Crippen LogP contribution in [0.2, 0.25) is 0 Å². The van der Waals surface area contributed by atoms with E-state index in [-0.39, 0.29) is 18.0 Å². The summed E-state index contributed by atoms with van der Waals surface area (Å²) in [5, 5.41) is 2.74. The monoisotopic (exact) mass is 424 g/mol. The van der Waals surface area contributed by atoms with Crippen molar-refractivity contribution in [1.82, 2.24) is 4.31 Å². The number of carbonyl (C=O) groups excluding carboxylic acids is 1. The Balaban J connectivity index is 1.87. The quantitative estimate of drug-likeness (QED) is 0.596. The van der Waals surface area contributed by atoms with Crippen LogP contribution in [0.15, 0.2) is 83.8 Å². The van der Waals surface area contributed by atoms with Gasteiger partial charge < -0.3 is 10.1 Å².